The molecule has 2 heterocycles. The third-order valence-corrected chi connectivity index (χ3v) is 9.03. The number of morpholine rings is 1. The average Bonchev–Trinajstić information content (AvgIpc) is 3.64. The van der Waals surface area contributed by atoms with Crippen LogP contribution in [0.3, 0.4) is 0 Å². The van der Waals surface area contributed by atoms with E-state index in [2.05, 4.69) is 47.2 Å². The number of ether oxygens (including phenoxy) is 1. The first kappa shape index (κ1) is 28.5. The zero-order valence-electron chi connectivity index (χ0n) is 24.6. The Labute approximate surface area is 238 Å². The quantitative estimate of drug-likeness (QED) is 0.362. The first-order chi connectivity index (χ1) is 19.3. The maximum atomic E-state index is 13.7. The number of ketones is 2. The second kappa shape index (κ2) is 12.6. The number of carbonyl (C=O) groups is 2. The van der Waals surface area contributed by atoms with Gasteiger partial charge < -0.3 is 9.64 Å². The molecule has 1 unspecified atom stereocenters. The number of carbonyl (C=O) groups excluding carboxylic acids is 2. The van der Waals surface area contributed by atoms with E-state index in [1.165, 1.54) is 25.7 Å². The number of Topliss-reactive ketones (excluding diaryl/α,β-unsaturated/α-hetero) is 1. The summed E-state index contributed by atoms with van der Waals surface area (Å²) in [4.78, 5) is 31.2. The summed E-state index contributed by atoms with van der Waals surface area (Å²) in [6.07, 6.45) is 13.6. The third kappa shape index (κ3) is 6.47. The van der Waals surface area contributed by atoms with Crippen molar-refractivity contribution >= 4 is 17.3 Å². The van der Waals surface area contributed by atoms with E-state index in [-0.39, 0.29) is 17.5 Å². The van der Waals surface area contributed by atoms with Crippen LogP contribution in [0.2, 0.25) is 0 Å². The van der Waals surface area contributed by atoms with Crippen molar-refractivity contribution in [2.75, 3.05) is 44.8 Å². The third-order valence-electron chi connectivity index (χ3n) is 9.03. The monoisotopic (exact) mass is 544 g/mol. The lowest BCUT2D eigenvalue weighted by atomic mass is 9.84. The number of rotatable bonds is 10. The van der Waals surface area contributed by atoms with E-state index in [1.54, 1.807) is 6.08 Å². The predicted octanol–water partition coefficient (Wildman–Crippen LogP) is 5.62. The van der Waals surface area contributed by atoms with Gasteiger partial charge in [-0.1, -0.05) is 24.5 Å². The topological polar surface area (TPSA) is 67.7 Å². The molecule has 5 rings (SSSR count). The van der Waals surface area contributed by atoms with Gasteiger partial charge in [-0.05, 0) is 74.9 Å². The second-order valence-corrected chi connectivity index (χ2v) is 11.9. The number of nitrogens with zero attached hydrogens (tertiary/aromatic N) is 4. The van der Waals surface area contributed by atoms with Gasteiger partial charge in [0.15, 0.2) is 11.6 Å². The number of anilines is 1. The maximum absolute atomic E-state index is 13.7. The Morgan fingerprint density at radius 3 is 2.52 bits per heavy atom. The van der Waals surface area contributed by atoms with Crippen LogP contribution in [0.15, 0.2) is 47.8 Å². The van der Waals surface area contributed by atoms with Crippen molar-refractivity contribution in [3.8, 4) is 11.1 Å². The van der Waals surface area contributed by atoms with Gasteiger partial charge in [0, 0.05) is 68.1 Å². The molecule has 0 amide bonds. The molecule has 2 aliphatic carbocycles. The molecular weight excluding hydrogens is 500 g/mol. The number of aromatic nitrogens is 2. The maximum Gasteiger partial charge on any atom is 0.163 e. The van der Waals surface area contributed by atoms with Gasteiger partial charge in [0.05, 0.1) is 26.0 Å². The molecule has 2 fully saturated rings. The summed E-state index contributed by atoms with van der Waals surface area (Å²) in [6.45, 7) is 11.3. The van der Waals surface area contributed by atoms with Crippen molar-refractivity contribution in [2.45, 2.75) is 71.9 Å². The number of benzene rings is 1. The van der Waals surface area contributed by atoms with Crippen molar-refractivity contribution in [1.82, 2.24) is 14.7 Å². The molecule has 40 heavy (non-hydrogen) atoms. The van der Waals surface area contributed by atoms with Crippen LogP contribution in [0.1, 0.15) is 68.3 Å². The van der Waals surface area contributed by atoms with Crippen LogP contribution in [-0.4, -0.2) is 72.2 Å². The highest BCUT2D eigenvalue weighted by Gasteiger charge is 2.26. The zero-order chi connectivity index (χ0) is 28.2. The molecule has 0 radical (unpaired) electrons. The summed E-state index contributed by atoms with van der Waals surface area (Å²) in [7, 11) is 2.17. The largest absolute Gasteiger partial charge is 0.379 e. The molecule has 1 aliphatic heterocycles. The van der Waals surface area contributed by atoms with Crippen molar-refractivity contribution in [3.63, 3.8) is 0 Å². The van der Waals surface area contributed by atoms with Gasteiger partial charge in [-0.2, -0.15) is 5.10 Å². The van der Waals surface area contributed by atoms with Crippen LogP contribution >= 0.6 is 0 Å². The SMILES string of the molecule is CC1=CC(=O)C(CCC(=O)c2cc(-c3cnn(CCN4CCOCC4)c3)cc(N(C)C3CCCC3)c2C)C(C)=C1. The first-order valence-corrected chi connectivity index (χ1v) is 14.9. The molecule has 214 valence electrons. The van der Waals surface area contributed by atoms with E-state index < -0.39 is 0 Å². The second-order valence-electron chi connectivity index (χ2n) is 11.9. The summed E-state index contributed by atoms with van der Waals surface area (Å²) in [6, 6.07) is 4.78. The van der Waals surface area contributed by atoms with Gasteiger partial charge in [-0.15, -0.1) is 0 Å². The fourth-order valence-corrected chi connectivity index (χ4v) is 6.54. The highest BCUT2D eigenvalue weighted by atomic mass is 16.5. The average molecular weight is 545 g/mol. The van der Waals surface area contributed by atoms with Gasteiger partial charge in [-0.3, -0.25) is 19.2 Å². The number of allylic oxidation sites excluding steroid dienone is 4. The first-order valence-electron chi connectivity index (χ1n) is 14.9. The molecule has 1 saturated heterocycles. The van der Waals surface area contributed by atoms with Crippen LogP contribution in [0.4, 0.5) is 5.69 Å². The Balaban J connectivity index is 1.38. The van der Waals surface area contributed by atoms with E-state index in [1.807, 2.05) is 30.8 Å². The molecule has 1 aromatic carbocycles. The highest BCUT2D eigenvalue weighted by Crippen LogP contribution is 2.35. The van der Waals surface area contributed by atoms with Gasteiger partial charge in [0.2, 0.25) is 0 Å². The molecule has 1 saturated carbocycles. The fraction of sp³-hybridized carbons (Fsp3) is 0.545. The van der Waals surface area contributed by atoms with Crippen LogP contribution in [0.5, 0.6) is 0 Å². The summed E-state index contributed by atoms with van der Waals surface area (Å²) in [5, 5.41) is 4.66. The minimum atomic E-state index is -0.207. The molecular formula is C33H44N4O3. The fourth-order valence-electron chi connectivity index (χ4n) is 6.54. The summed E-state index contributed by atoms with van der Waals surface area (Å²) in [5.74, 6) is 0.00963. The highest BCUT2D eigenvalue weighted by molar-refractivity contribution is 6.01. The van der Waals surface area contributed by atoms with Crippen molar-refractivity contribution < 1.29 is 14.3 Å². The Bertz CT molecular complexity index is 1290. The summed E-state index contributed by atoms with van der Waals surface area (Å²) < 4.78 is 7.48. The summed E-state index contributed by atoms with van der Waals surface area (Å²) in [5.41, 5.74) is 7.00. The minimum Gasteiger partial charge on any atom is -0.379 e. The molecule has 3 aliphatic rings. The Morgan fingerprint density at radius 2 is 1.80 bits per heavy atom. The minimum absolute atomic E-state index is 0.104. The standard InChI is InChI=1S/C33H44N4O3/c1-23-17-24(2)29(33(39)18-23)9-10-32(38)30-19-26(20-31(25(30)3)35(4)28-7-5-6-8-28)27-21-34-37(22-27)12-11-36-13-15-40-16-14-36/h17-22,28-29H,5-16H2,1-4H3. The number of hydrogen-bond acceptors (Lipinski definition) is 6. The molecule has 1 aromatic heterocycles. The Hall–Kier alpha value is -3.03. The van der Waals surface area contributed by atoms with Crippen molar-refractivity contribution in [3.05, 3.63) is 59.0 Å². The van der Waals surface area contributed by atoms with Crippen LogP contribution in [0, 0.1) is 12.8 Å². The lowest BCUT2D eigenvalue weighted by molar-refractivity contribution is -0.117. The van der Waals surface area contributed by atoms with Gasteiger partial charge in [0.25, 0.3) is 0 Å². The van der Waals surface area contributed by atoms with E-state index in [0.717, 1.165) is 78.5 Å². The molecule has 1 atom stereocenters. The zero-order valence-corrected chi connectivity index (χ0v) is 24.6. The molecule has 0 N–H and O–H groups in total. The van der Waals surface area contributed by atoms with Crippen LogP contribution < -0.4 is 4.90 Å². The molecule has 7 nitrogen and oxygen atoms in total. The molecule has 0 spiro atoms. The smallest absolute Gasteiger partial charge is 0.163 e. The predicted molar refractivity (Wildman–Crippen MR) is 160 cm³/mol. The molecule has 7 heteroatoms. The van der Waals surface area contributed by atoms with Gasteiger partial charge in [0.1, 0.15) is 0 Å². The molecule has 0 bridgehead atoms. The van der Waals surface area contributed by atoms with Crippen LogP contribution in [0.25, 0.3) is 11.1 Å². The summed E-state index contributed by atoms with van der Waals surface area (Å²) >= 11 is 0. The van der Waals surface area contributed by atoms with Crippen LogP contribution in [-0.2, 0) is 16.1 Å². The Morgan fingerprint density at radius 1 is 1.05 bits per heavy atom. The van der Waals surface area contributed by atoms with Crippen molar-refractivity contribution in [2.24, 2.45) is 5.92 Å². The Kier molecular flexibility index (Phi) is 9.01. The molecule has 2 aromatic rings. The number of hydrogen-bond donors (Lipinski definition) is 0. The lowest BCUT2D eigenvalue weighted by Gasteiger charge is -2.29. The van der Waals surface area contributed by atoms with E-state index >= 15 is 0 Å². The van der Waals surface area contributed by atoms with Gasteiger partial charge >= 0.3 is 0 Å². The van der Waals surface area contributed by atoms with Crippen molar-refractivity contribution in [1.29, 1.82) is 0 Å². The normalized spacial score (nSPS) is 20.5. The van der Waals surface area contributed by atoms with E-state index in [4.69, 9.17) is 4.74 Å². The van der Waals surface area contributed by atoms with E-state index in [9.17, 15) is 9.59 Å². The van der Waals surface area contributed by atoms with Gasteiger partial charge in [-0.25, -0.2) is 0 Å². The lowest BCUT2D eigenvalue weighted by Crippen LogP contribution is -2.38. The van der Waals surface area contributed by atoms with E-state index in [0.29, 0.717) is 18.9 Å².